The molecular weight excluding hydrogens is 198 g/mol. The van der Waals surface area contributed by atoms with Gasteiger partial charge in [0.2, 0.25) is 0 Å². The zero-order valence-corrected chi connectivity index (χ0v) is 9.60. The second kappa shape index (κ2) is 4.52. The maximum Gasteiger partial charge on any atom is 0.253 e. The average Bonchev–Trinajstić information content (AvgIpc) is 2.71. The topological polar surface area (TPSA) is 20.3 Å². The lowest BCUT2D eigenvalue weighted by molar-refractivity contribution is 0.0786. The molecule has 0 aromatic heterocycles. The maximum absolute atomic E-state index is 12.1. The van der Waals surface area contributed by atoms with E-state index in [4.69, 9.17) is 0 Å². The van der Waals surface area contributed by atoms with Gasteiger partial charge in [-0.2, -0.15) is 0 Å². The van der Waals surface area contributed by atoms with Crippen LogP contribution in [-0.4, -0.2) is 23.9 Å². The molecule has 2 atom stereocenters. The summed E-state index contributed by atoms with van der Waals surface area (Å²) in [4.78, 5) is 14.1. The van der Waals surface area contributed by atoms with E-state index in [9.17, 15) is 4.79 Å². The van der Waals surface area contributed by atoms with Gasteiger partial charge in [0.1, 0.15) is 0 Å². The Kier molecular flexibility index (Phi) is 3.09. The van der Waals surface area contributed by atoms with Crippen LogP contribution in [0.25, 0.3) is 0 Å². The van der Waals surface area contributed by atoms with Crippen LogP contribution in [0.5, 0.6) is 0 Å². The number of nitrogens with zero attached hydrogens (tertiary/aromatic N) is 1. The van der Waals surface area contributed by atoms with Gasteiger partial charge < -0.3 is 4.90 Å². The number of carbonyl (C=O) groups is 1. The van der Waals surface area contributed by atoms with Crippen molar-refractivity contribution in [3.63, 3.8) is 0 Å². The molecule has 0 saturated carbocycles. The third-order valence-electron chi connectivity index (χ3n) is 3.28. The van der Waals surface area contributed by atoms with E-state index in [2.05, 4.69) is 13.5 Å². The first-order valence-corrected chi connectivity index (χ1v) is 5.69. The fourth-order valence-electron chi connectivity index (χ4n) is 2.23. The van der Waals surface area contributed by atoms with Crippen LogP contribution in [0.1, 0.15) is 17.3 Å². The van der Waals surface area contributed by atoms with E-state index in [1.165, 1.54) is 0 Å². The standard InChI is InChI=1S/C14H17NO/c1-3-12-10-15(9-11(12)2)14(16)13-7-5-4-6-8-13/h3-8,11-12H,1,9-10H2,2H3. The van der Waals surface area contributed by atoms with E-state index in [1.807, 2.05) is 41.3 Å². The van der Waals surface area contributed by atoms with E-state index < -0.39 is 0 Å². The van der Waals surface area contributed by atoms with Gasteiger partial charge in [-0.1, -0.05) is 31.2 Å². The first-order valence-electron chi connectivity index (χ1n) is 5.69. The first-order chi connectivity index (χ1) is 7.72. The highest BCUT2D eigenvalue weighted by Gasteiger charge is 2.30. The normalized spacial score (nSPS) is 24.4. The zero-order valence-electron chi connectivity index (χ0n) is 9.60. The monoisotopic (exact) mass is 215 g/mol. The highest BCUT2D eigenvalue weighted by Crippen LogP contribution is 2.24. The van der Waals surface area contributed by atoms with Crippen molar-refractivity contribution < 1.29 is 4.79 Å². The Balaban J connectivity index is 2.10. The molecule has 0 N–H and O–H groups in total. The van der Waals surface area contributed by atoms with Crippen LogP contribution in [0, 0.1) is 11.8 Å². The summed E-state index contributed by atoms with van der Waals surface area (Å²) in [6.07, 6.45) is 1.96. The quantitative estimate of drug-likeness (QED) is 0.694. The molecule has 2 rings (SSSR count). The molecule has 1 aromatic rings. The molecule has 2 heteroatoms. The number of hydrogen-bond donors (Lipinski definition) is 0. The molecule has 0 spiro atoms. The molecule has 1 heterocycles. The summed E-state index contributed by atoms with van der Waals surface area (Å²) in [5.74, 6) is 1.09. The Hall–Kier alpha value is -1.57. The van der Waals surface area contributed by atoms with Crippen molar-refractivity contribution >= 4 is 5.91 Å². The minimum atomic E-state index is 0.136. The summed E-state index contributed by atoms with van der Waals surface area (Å²) in [6.45, 7) is 7.63. The molecule has 2 nitrogen and oxygen atoms in total. The van der Waals surface area contributed by atoms with Gasteiger partial charge in [0.05, 0.1) is 0 Å². The molecule has 0 aliphatic carbocycles. The van der Waals surface area contributed by atoms with Gasteiger partial charge in [-0.3, -0.25) is 4.79 Å². The number of likely N-dealkylation sites (tertiary alicyclic amines) is 1. The number of benzene rings is 1. The minimum absolute atomic E-state index is 0.136. The van der Waals surface area contributed by atoms with Gasteiger partial charge in [0.25, 0.3) is 5.91 Å². The predicted octanol–water partition coefficient (Wildman–Crippen LogP) is 2.58. The van der Waals surface area contributed by atoms with Crippen molar-refractivity contribution in [2.75, 3.05) is 13.1 Å². The summed E-state index contributed by atoms with van der Waals surface area (Å²) < 4.78 is 0. The Morgan fingerprint density at radius 3 is 2.62 bits per heavy atom. The number of amides is 1. The SMILES string of the molecule is C=CC1CN(C(=O)c2ccccc2)CC1C. The van der Waals surface area contributed by atoms with E-state index >= 15 is 0 Å². The Morgan fingerprint density at radius 1 is 1.38 bits per heavy atom. The lowest BCUT2D eigenvalue weighted by Gasteiger charge is -2.15. The lowest BCUT2D eigenvalue weighted by Crippen LogP contribution is -2.28. The Morgan fingerprint density at radius 2 is 2.06 bits per heavy atom. The van der Waals surface area contributed by atoms with E-state index in [-0.39, 0.29) is 5.91 Å². The molecule has 1 aromatic carbocycles. The average molecular weight is 215 g/mol. The number of rotatable bonds is 2. The van der Waals surface area contributed by atoms with Gasteiger partial charge in [-0.15, -0.1) is 6.58 Å². The van der Waals surface area contributed by atoms with Crippen LogP contribution in [-0.2, 0) is 0 Å². The lowest BCUT2D eigenvalue weighted by atomic mass is 9.99. The van der Waals surface area contributed by atoms with Crippen molar-refractivity contribution in [3.8, 4) is 0 Å². The van der Waals surface area contributed by atoms with Crippen LogP contribution >= 0.6 is 0 Å². The fourth-order valence-corrected chi connectivity index (χ4v) is 2.23. The highest BCUT2D eigenvalue weighted by molar-refractivity contribution is 5.94. The first kappa shape index (κ1) is 10.9. The molecule has 0 radical (unpaired) electrons. The van der Waals surface area contributed by atoms with Gasteiger partial charge in [0.15, 0.2) is 0 Å². The molecule has 16 heavy (non-hydrogen) atoms. The van der Waals surface area contributed by atoms with E-state index in [0.717, 1.165) is 18.7 Å². The Bertz CT molecular complexity index is 385. The third kappa shape index (κ3) is 2.01. The highest BCUT2D eigenvalue weighted by atomic mass is 16.2. The molecule has 1 aliphatic rings. The molecule has 1 saturated heterocycles. The summed E-state index contributed by atoms with van der Waals surface area (Å²) in [5.41, 5.74) is 0.777. The van der Waals surface area contributed by atoms with Crippen molar-refractivity contribution in [2.24, 2.45) is 11.8 Å². The second-order valence-electron chi connectivity index (χ2n) is 4.45. The van der Waals surface area contributed by atoms with Crippen LogP contribution in [0.2, 0.25) is 0 Å². The summed E-state index contributed by atoms with van der Waals surface area (Å²) in [6, 6.07) is 9.47. The molecule has 1 fully saturated rings. The van der Waals surface area contributed by atoms with Crippen molar-refractivity contribution in [3.05, 3.63) is 48.6 Å². The minimum Gasteiger partial charge on any atom is -0.338 e. The van der Waals surface area contributed by atoms with Crippen molar-refractivity contribution in [1.82, 2.24) is 4.90 Å². The van der Waals surface area contributed by atoms with Gasteiger partial charge in [0, 0.05) is 18.7 Å². The van der Waals surface area contributed by atoms with Gasteiger partial charge >= 0.3 is 0 Å². The Labute approximate surface area is 96.6 Å². The fraction of sp³-hybridized carbons (Fsp3) is 0.357. The molecule has 84 valence electrons. The molecule has 1 aliphatic heterocycles. The van der Waals surface area contributed by atoms with Gasteiger partial charge in [-0.25, -0.2) is 0 Å². The van der Waals surface area contributed by atoms with Crippen LogP contribution < -0.4 is 0 Å². The summed E-state index contributed by atoms with van der Waals surface area (Å²) >= 11 is 0. The molecule has 0 bridgehead atoms. The van der Waals surface area contributed by atoms with Gasteiger partial charge in [-0.05, 0) is 24.0 Å². The van der Waals surface area contributed by atoms with Crippen LogP contribution in [0.3, 0.4) is 0 Å². The van der Waals surface area contributed by atoms with Crippen LogP contribution in [0.4, 0.5) is 0 Å². The number of carbonyl (C=O) groups excluding carboxylic acids is 1. The second-order valence-corrected chi connectivity index (χ2v) is 4.45. The van der Waals surface area contributed by atoms with E-state index in [1.54, 1.807) is 0 Å². The zero-order chi connectivity index (χ0) is 11.5. The predicted molar refractivity (Wildman–Crippen MR) is 65.2 cm³/mol. The molecular formula is C14H17NO. The van der Waals surface area contributed by atoms with Crippen molar-refractivity contribution in [1.29, 1.82) is 0 Å². The van der Waals surface area contributed by atoms with Crippen molar-refractivity contribution in [2.45, 2.75) is 6.92 Å². The van der Waals surface area contributed by atoms with Crippen LogP contribution in [0.15, 0.2) is 43.0 Å². The summed E-state index contributed by atoms with van der Waals surface area (Å²) in [5, 5.41) is 0. The molecule has 2 unspecified atom stereocenters. The van der Waals surface area contributed by atoms with E-state index in [0.29, 0.717) is 11.8 Å². The maximum atomic E-state index is 12.1. The number of hydrogen-bond acceptors (Lipinski definition) is 1. The third-order valence-corrected chi connectivity index (χ3v) is 3.28. The summed E-state index contributed by atoms with van der Waals surface area (Å²) in [7, 11) is 0. The largest absolute Gasteiger partial charge is 0.338 e. The molecule has 1 amide bonds. The smallest absolute Gasteiger partial charge is 0.253 e.